The van der Waals surface area contributed by atoms with Crippen LogP contribution >= 0.6 is 11.3 Å². The van der Waals surface area contributed by atoms with Crippen molar-refractivity contribution in [2.24, 2.45) is 0 Å². The molecule has 136 valence electrons. The number of thiophene rings is 1. The van der Waals surface area contributed by atoms with Crippen LogP contribution in [0.15, 0.2) is 42.5 Å². The molecule has 0 aliphatic rings. The third-order valence-corrected chi connectivity index (χ3v) is 6.08. The maximum Gasteiger partial charge on any atom is 0.265 e. The summed E-state index contributed by atoms with van der Waals surface area (Å²) in [5, 5.41) is 3.09. The zero-order chi connectivity index (χ0) is 19.1. The molecule has 2 aromatic carbocycles. The predicted octanol–water partition coefficient (Wildman–Crippen LogP) is 3.83. The highest BCUT2D eigenvalue weighted by molar-refractivity contribution is 7.92. The van der Waals surface area contributed by atoms with Crippen molar-refractivity contribution in [2.45, 2.75) is 0 Å². The Hall–Kier alpha value is -2.52. The quantitative estimate of drug-likeness (QED) is 0.729. The average molecular weight is 396 g/mol. The molecule has 5 nitrogen and oxygen atoms in total. The smallest absolute Gasteiger partial charge is 0.265 e. The fraction of sp³-hybridized carbons (Fsp3) is 0.118. The van der Waals surface area contributed by atoms with E-state index in [1.54, 1.807) is 24.3 Å². The van der Waals surface area contributed by atoms with E-state index in [2.05, 4.69) is 5.32 Å². The fourth-order valence-corrected chi connectivity index (χ4v) is 3.74. The number of carbonyl (C=O) groups excluding carboxylic acids is 1. The van der Waals surface area contributed by atoms with Gasteiger partial charge in [-0.05, 0) is 41.8 Å². The van der Waals surface area contributed by atoms with Crippen molar-refractivity contribution in [2.75, 3.05) is 22.9 Å². The lowest BCUT2D eigenvalue weighted by molar-refractivity contribution is 0.103. The molecule has 0 radical (unpaired) electrons. The van der Waals surface area contributed by atoms with Gasteiger partial charge in [0.1, 0.15) is 11.6 Å². The fourth-order valence-electron chi connectivity index (χ4n) is 2.30. The van der Waals surface area contributed by atoms with Crippen molar-refractivity contribution in [3.8, 4) is 0 Å². The maximum atomic E-state index is 13.7. The molecule has 0 saturated heterocycles. The van der Waals surface area contributed by atoms with Crippen LogP contribution in [0.2, 0.25) is 0 Å². The van der Waals surface area contributed by atoms with Crippen molar-refractivity contribution in [1.82, 2.24) is 0 Å². The number of rotatable bonds is 4. The van der Waals surface area contributed by atoms with Crippen molar-refractivity contribution in [3.05, 3.63) is 59.0 Å². The number of amides is 1. The van der Waals surface area contributed by atoms with Crippen molar-refractivity contribution >= 4 is 48.7 Å². The molecule has 0 spiro atoms. The molecule has 1 aromatic heterocycles. The minimum absolute atomic E-state index is 0.119. The summed E-state index contributed by atoms with van der Waals surface area (Å²) in [4.78, 5) is 12.7. The highest BCUT2D eigenvalue weighted by Crippen LogP contribution is 2.30. The number of halogens is 2. The minimum Gasteiger partial charge on any atom is -0.319 e. The standard InChI is InChI=1S/C17H14F2N2O3S2/c1-21(26(2,23)24)12-4-6-15-10(7-12)8-16(25-15)17(22)20-14-5-3-11(18)9-13(14)19/h3-9H,1-2H3,(H,20,22). The van der Waals surface area contributed by atoms with Gasteiger partial charge in [0.05, 0.1) is 22.5 Å². The zero-order valence-electron chi connectivity index (χ0n) is 13.8. The molecule has 0 aliphatic heterocycles. The third kappa shape index (κ3) is 3.68. The molecule has 1 amide bonds. The molecule has 9 heteroatoms. The number of carbonyl (C=O) groups is 1. The SMILES string of the molecule is CN(c1ccc2sc(C(=O)Nc3ccc(F)cc3F)cc2c1)S(C)(=O)=O. The Morgan fingerprint density at radius 1 is 1.12 bits per heavy atom. The highest BCUT2D eigenvalue weighted by Gasteiger charge is 2.16. The number of nitrogens with zero attached hydrogens (tertiary/aromatic N) is 1. The number of benzene rings is 2. The van der Waals surface area contributed by atoms with Crippen LogP contribution in [0.3, 0.4) is 0 Å². The van der Waals surface area contributed by atoms with Gasteiger partial charge >= 0.3 is 0 Å². The van der Waals surface area contributed by atoms with E-state index in [4.69, 9.17) is 0 Å². The van der Waals surface area contributed by atoms with Crippen LogP contribution in [0, 0.1) is 11.6 Å². The van der Waals surface area contributed by atoms with Crippen molar-refractivity contribution in [1.29, 1.82) is 0 Å². The Morgan fingerprint density at radius 3 is 2.50 bits per heavy atom. The number of nitrogens with one attached hydrogen (secondary N) is 1. The van der Waals surface area contributed by atoms with E-state index >= 15 is 0 Å². The Labute approximate surface area is 152 Å². The third-order valence-electron chi connectivity index (χ3n) is 3.76. The molecule has 0 fully saturated rings. The molecule has 0 unspecified atom stereocenters. The highest BCUT2D eigenvalue weighted by atomic mass is 32.2. The number of anilines is 2. The topological polar surface area (TPSA) is 66.5 Å². The summed E-state index contributed by atoms with van der Waals surface area (Å²) >= 11 is 1.19. The molecule has 0 atom stereocenters. The first-order valence-corrected chi connectivity index (χ1v) is 10.1. The lowest BCUT2D eigenvalue weighted by atomic mass is 10.2. The van der Waals surface area contributed by atoms with Gasteiger partial charge in [-0.3, -0.25) is 9.10 Å². The Balaban J connectivity index is 1.90. The molecule has 0 saturated carbocycles. The second-order valence-electron chi connectivity index (χ2n) is 5.64. The van der Waals surface area contributed by atoms with Gasteiger partial charge < -0.3 is 5.32 Å². The van der Waals surface area contributed by atoms with E-state index in [-0.39, 0.29) is 5.69 Å². The molecule has 3 rings (SSSR count). The van der Waals surface area contributed by atoms with Crippen LogP contribution < -0.4 is 9.62 Å². The van der Waals surface area contributed by atoms with Gasteiger partial charge in [0.25, 0.3) is 5.91 Å². The van der Waals surface area contributed by atoms with E-state index in [1.807, 2.05) is 0 Å². The van der Waals surface area contributed by atoms with Crippen LogP contribution in [0.5, 0.6) is 0 Å². The second-order valence-corrected chi connectivity index (χ2v) is 8.74. The monoisotopic (exact) mass is 396 g/mol. The van der Waals surface area contributed by atoms with Crippen LogP contribution in [0.25, 0.3) is 10.1 Å². The maximum absolute atomic E-state index is 13.7. The van der Waals surface area contributed by atoms with Crippen molar-refractivity contribution < 1.29 is 22.0 Å². The summed E-state index contributed by atoms with van der Waals surface area (Å²) in [6, 6.07) is 9.49. The number of fused-ring (bicyclic) bond motifs is 1. The van der Waals surface area contributed by atoms with E-state index in [0.717, 1.165) is 27.4 Å². The number of hydrogen-bond donors (Lipinski definition) is 1. The first-order chi connectivity index (χ1) is 12.1. The first kappa shape index (κ1) is 18.3. The average Bonchev–Trinajstić information content (AvgIpc) is 2.99. The predicted molar refractivity (Wildman–Crippen MR) is 99.4 cm³/mol. The van der Waals surface area contributed by atoms with E-state index in [9.17, 15) is 22.0 Å². The molecule has 0 bridgehead atoms. The van der Waals surface area contributed by atoms with Gasteiger partial charge in [0, 0.05) is 17.8 Å². The second kappa shape index (κ2) is 6.65. The first-order valence-electron chi connectivity index (χ1n) is 7.39. The molecule has 1 heterocycles. The molecule has 3 aromatic rings. The van der Waals surface area contributed by atoms with Crippen LogP contribution in [-0.2, 0) is 10.0 Å². The molecule has 0 aliphatic carbocycles. The molecular formula is C17H14F2N2O3S2. The van der Waals surface area contributed by atoms with E-state index in [1.165, 1.54) is 18.4 Å². The van der Waals surface area contributed by atoms with Gasteiger partial charge in [-0.2, -0.15) is 0 Å². The summed E-state index contributed by atoms with van der Waals surface area (Å²) in [5.74, 6) is -2.13. The molecular weight excluding hydrogens is 382 g/mol. The summed E-state index contributed by atoms with van der Waals surface area (Å²) in [7, 11) is -1.96. The summed E-state index contributed by atoms with van der Waals surface area (Å²) in [6.45, 7) is 0. The number of hydrogen-bond acceptors (Lipinski definition) is 4. The normalized spacial score (nSPS) is 11.5. The minimum atomic E-state index is -3.40. The summed E-state index contributed by atoms with van der Waals surface area (Å²) in [5.41, 5.74) is 0.348. The van der Waals surface area contributed by atoms with Gasteiger partial charge in [-0.1, -0.05) is 0 Å². The van der Waals surface area contributed by atoms with E-state index in [0.29, 0.717) is 22.0 Å². The molecule has 26 heavy (non-hydrogen) atoms. The van der Waals surface area contributed by atoms with Crippen LogP contribution in [0.4, 0.5) is 20.2 Å². The Bertz CT molecular complexity index is 1110. The zero-order valence-corrected chi connectivity index (χ0v) is 15.4. The van der Waals surface area contributed by atoms with Gasteiger partial charge in [-0.15, -0.1) is 11.3 Å². The summed E-state index contributed by atoms with van der Waals surface area (Å²) < 4.78 is 51.8. The van der Waals surface area contributed by atoms with Crippen LogP contribution in [-0.4, -0.2) is 27.6 Å². The Morgan fingerprint density at radius 2 is 1.85 bits per heavy atom. The van der Waals surface area contributed by atoms with Gasteiger partial charge in [0.2, 0.25) is 10.0 Å². The van der Waals surface area contributed by atoms with Gasteiger partial charge in [-0.25, -0.2) is 17.2 Å². The lowest BCUT2D eigenvalue weighted by Crippen LogP contribution is -2.24. The van der Waals surface area contributed by atoms with Crippen LogP contribution in [0.1, 0.15) is 9.67 Å². The number of sulfonamides is 1. The largest absolute Gasteiger partial charge is 0.319 e. The lowest BCUT2D eigenvalue weighted by Gasteiger charge is -2.16. The summed E-state index contributed by atoms with van der Waals surface area (Å²) in [6.07, 6.45) is 1.10. The van der Waals surface area contributed by atoms with Gasteiger partial charge in [0.15, 0.2) is 0 Å². The van der Waals surface area contributed by atoms with E-state index < -0.39 is 27.6 Å². The molecule has 1 N–H and O–H groups in total. The Kier molecular flexibility index (Phi) is 4.68. The van der Waals surface area contributed by atoms with Crippen molar-refractivity contribution in [3.63, 3.8) is 0 Å².